The highest BCUT2D eigenvalue weighted by Gasteiger charge is 2.26. The first-order chi connectivity index (χ1) is 8.79. The van der Waals surface area contributed by atoms with Gasteiger partial charge in [0.05, 0.1) is 13.2 Å². The zero-order chi connectivity index (χ0) is 12.8. The maximum absolute atomic E-state index is 5.56. The highest BCUT2D eigenvalue weighted by atomic mass is 32.1. The summed E-state index contributed by atoms with van der Waals surface area (Å²) in [6.45, 7) is 8.96. The fraction of sp³-hybridized carbons (Fsp3) is 0.769. The van der Waals surface area contributed by atoms with Crippen molar-refractivity contribution in [3.8, 4) is 0 Å². The van der Waals surface area contributed by atoms with Crippen LogP contribution in [0, 0.1) is 12.8 Å². The Bertz CT molecular complexity index is 356. The van der Waals surface area contributed by atoms with Crippen molar-refractivity contribution in [2.75, 3.05) is 26.3 Å². The molecule has 0 spiro atoms. The lowest BCUT2D eigenvalue weighted by molar-refractivity contribution is 0.182. The van der Waals surface area contributed by atoms with Crippen LogP contribution in [0.5, 0.6) is 0 Å². The fourth-order valence-corrected chi connectivity index (χ4v) is 2.96. The minimum Gasteiger partial charge on any atom is -0.379 e. The van der Waals surface area contributed by atoms with Gasteiger partial charge in [0.25, 0.3) is 0 Å². The monoisotopic (exact) mass is 269 g/mol. The van der Waals surface area contributed by atoms with Crippen LogP contribution in [0.4, 0.5) is 0 Å². The van der Waals surface area contributed by atoms with Crippen molar-refractivity contribution in [3.63, 3.8) is 0 Å². The fourth-order valence-electron chi connectivity index (χ4n) is 2.20. The number of nitrogens with zero attached hydrogens (tertiary/aromatic N) is 1. The SMILES string of the molecule is CCCNC1COCC1CNCc1ncc(C)s1. The van der Waals surface area contributed by atoms with E-state index in [9.17, 15) is 0 Å². The van der Waals surface area contributed by atoms with Gasteiger partial charge in [-0.3, -0.25) is 0 Å². The quantitative estimate of drug-likeness (QED) is 0.788. The summed E-state index contributed by atoms with van der Waals surface area (Å²) < 4.78 is 5.56. The summed E-state index contributed by atoms with van der Waals surface area (Å²) in [7, 11) is 0. The average molecular weight is 269 g/mol. The van der Waals surface area contributed by atoms with E-state index >= 15 is 0 Å². The van der Waals surface area contributed by atoms with E-state index in [1.165, 1.54) is 16.3 Å². The van der Waals surface area contributed by atoms with Crippen LogP contribution in [0.15, 0.2) is 6.20 Å². The Kier molecular flexibility index (Phi) is 5.56. The molecule has 0 saturated carbocycles. The summed E-state index contributed by atoms with van der Waals surface area (Å²) in [6, 6.07) is 0.510. The van der Waals surface area contributed by atoms with E-state index in [-0.39, 0.29) is 0 Å². The van der Waals surface area contributed by atoms with Crippen LogP contribution in [-0.2, 0) is 11.3 Å². The summed E-state index contributed by atoms with van der Waals surface area (Å²) in [5.41, 5.74) is 0. The second kappa shape index (κ2) is 7.19. The Balaban J connectivity index is 1.69. The number of rotatable bonds is 7. The molecular weight excluding hydrogens is 246 g/mol. The molecule has 0 amide bonds. The van der Waals surface area contributed by atoms with Crippen LogP contribution in [0.2, 0.25) is 0 Å². The molecule has 2 unspecified atom stereocenters. The molecule has 0 aromatic carbocycles. The van der Waals surface area contributed by atoms with E-state index in [2.05, 4.69) is 29.5 Å². The predicted octanol–water partition coefficient (Wildman–Crippen LogP) is 1.56. The molecule has 2 heterocycles. The third-order valence-corrected chi connectivity index (χ3v) is 4.12. The standard InChI is InChI=1S/C13H23N3OS/c1-3-4-15-12-9-17-8-11(12)6-14-7-13-16-5-10(2)18-13/h5,11-12,14-15H,3-4,6-9H2,1-2H3. The average Bonchev–Trinajstić information content (AvgIpc) is 2.96. The zero-order valence-corrected chi connectivity index (χ0v) is 12.1. The largest absolute Gasteiger partial charge is 0.379 e. The second-order valence-corrected chi connectivity index (χ2v) is 6.17. The number of aryl methyl sites for hydroxylation is 1. The van der Waals surface area contributed by atoms with E-state index in [0.717, 1.165) is 32.8 Å². The number of ether oxygens (including phenoxy) is 1. The predicted molar refractivity (Wildman–Crippen MR) is 74.9 cm³/mol. The molecule has 0 bridgehead atoms. The Morgan fingerprint density at radius 1 is 1.50 bits per heavy atom. The molecule has 1 aliphatic rings. The Hall–Kier alpha value is -0.490. The highest BCUT2D eigenvalue weighted by molar-refractivity contribution is 7.11. The molecule has 1 aliphatic heterocycles. The Labute approximate surface area is 113 Å². The first-order valence-electron chi connectivity index (χ1n) is 6.72. The lowest BCUT2D eigenvalue weighted by Gasteiger charge is -2.18. The molecule has 4 nitrogen and oxygen atoms in total. The Morgan fingerprint density at radius 3 is 3.11 bits per heavy atom. The molecule has 0 aliphatic carbocycles. The van der Waals surface area contributed by atoms with Crippen LogP contribution < -0.4 is 10.6 Å². The molecule has 0 radical (unpaired) electrons. The number of aromatic nitrogens is 1. The summed E-state index contributed by atoms with van der Waals surface area (Å²) in [6.07, 6.45) is 3.11. The normalized spacial score (nSPS) is 23.7. The number of hydrogen-bond donors (Lipinski definition) is 2. The van der Waals surface area contributed by atoms with Crippen molar-refractivity contribution in [1.82, 2.24) is 15.6 Å². The summed E-state index contributed by atoms with van der Waals surface area (Å²) in [5.74, 6) is 0.581. The number of nitrogens with one attached hydrogen (secondary N) is 2. The Morgan fingerprint density at radius 2 is 2.39 bits per heavy atom. The summed E-state index contributed by atoms with van der Waals surface area (Å²) in [4.78, 5) is 5.63. The van der Waals surface area contributed by atoms with E-state index in [0.29, 0.717) is 12.0 Å². The van der Waals surface area contributed by atoms with Crippen molar-refractivity contribution in [2.24, 2.45) is 5.92 Å². The van der Waals surface area contributed by atoms with Gasteiger partial charge >= 0.3 is 0 Å². The highest BCUT2D eigenvalue weighted by Crippen LogP contribution is 2.14. The van der Waals surface area contributed by atoms with Gasteiger partial charge in [-0.05, 0) is 19.9 Å². The number of thiazole rings is 1. The molecule has 1 aromatic rings. The van der Waals surface area contributed by atoms with E-state index in [1.807, 2.05) is 6.20 Å². The first-order valence-corrected chi connectivity index (χ1v) is 7.54. The van der Waals surface area contributed by atoms with Crippen LogP contribution in [-0.4, -0.2) is 37.3 Å². The topological polar surface area (TPSA) is 46.2 Å². The van der Waals surface area contributed by atoms with Gasteiger partial charge in [0, 0.05) is 36.1 Å². The van der Waals surface area contributed by atoms with Gasteiger partial charge in [-0.25, -0.2) is 4.98 Å². The van der Waals surface area contributed by atoms with Crippen molar-refractivity contribution >= 4 is 11.3 Å². The summed E-state index contributed by atoms with van der Waals surface area (Å²) in [5, 5.41) is 8.22. The minimum atomic E-state index is 0.510. The van der Waals surface area contributed by atoms with Gasteiger partial charge in [0.2, 0.25) is 0 Å². The molecule has 102 valence electrons. The summed E-state index contributed by atoms with van der Waals surface area (Å²) >= 11 is 1.76. The van der Waals surface area contributed by atoms with Gasteiger partial charge in [-0.2, -0.15) is 0 Å². The van der Waals surface area contributed by atoms with Gasteiger partial charge in [-0.1, -0.05) is 6.92 Å². The maximum Gasteiger partial charge on any atom is 0.107 e. The molecule has 2 atom stereocenters. The van der Waals surface area contributed by atoms with Gasteiger partial charge in [0.15, 0.2) is 0 Å². The lowest BCUT2D eigenvalue weighted by Crippen LogP contribution is -2.40. The van der Waals surface area contributed by atoms with Gasteiger partial charge in [0.1, 0.15) is 5.01 Å². The molecule has 5 heteroatoms. The van der Waals surface area contributed by atoms with Crippen molar-refractivity contribution in [1.29, 1.82) is 0 Å². The maximum atomic E-state index is 5.56. The van der Waals surface area contributed by atoms with Gasteiger partial charge < -0.3 is 15.4 Å². The smallest absolute Gasteiger partial charge is 0.107 e. The first kappa shape index (κ1) is 13.9. The molecule has 2 rings (SSSR count). The third-order valence-electron chi connectivity index (χ3n) is 3.21. The van der Waals surface area contributed by atoms with E-state index in [1.54, 1.807) is 11.3 Å². The van der Waals surface area contributed by atoms with Crippen molar-refractivity contribution in [2.45, 2.75) is 32.9 Å². The molecular formula is C13H23N3OS. The molecule has 2 N–H and O–H groups in total. The van der Waals surface area contributed by atoms with Crippen molar-refractivity contribution < 1.29 is 4.74 Å². The van der Waals surface area contributed by atoms with Crippen LogP contribution in [0.1, 0.15) is 23.2 Å². The van der Waals surface area contributed by atoms with Crippen molar-refractivity contribution in [3.05, 3.63) is 16.1 Å². The lowest BCUT2D eigenvalue weighted by atomic mass is 10.0. The zero-order valence-electron chi connectivity index (χ0n) is 11.2. The second-order valence-electron chi connectivity index (χ2n) is 4.85. The van der Waals surface area contributed by atoms with Crippen LogP contribution in [0.25, 0.3) is 0 Å². The molecule has 1 fully saturated rings. The van der Waals surface area contributed by atoms with E-state index < -0.39 is 0 Å². The number of hydrogen-bond acceptors (Lipinski definition) is 5. The van der Waals surface area contributed by atoms with Crippen LogP contribution >= 0.6 is 11.3 Å². The molecule has 1 aromatic heterocycles. The molecule has 1 saturated heterocycles. The van der Waals surface area contributed by atoms with Crippen LogP contribution in [0.3, 0.4) is 0 Å². The van der Waals surface area contributed by atoms with Gasteiger partial charge in [-0.15, -0.1) is 11.3 Å². The minimum absolute atomic E-state index is 0.510. The van der Waals surface area contributed by atoms with E-state index in [4.69, 9.17) is 4.74 Å². The molecule has 18 heavy (non-hydrogen) atoms. The third kappa shape index (κ3) is 4.02.